The Labute approximate surface area is 149 Å². The number of anilines is 1. The third-order valence-electron chi connectivity index (χ3n) is 3.85. The highest BCUT2D eigenvalue weighted by Gasteiger charge is 2.23. The fraction of sp³-hybridized carbons (Fsp3) is 0.421. The van der Waals surface area contributed by atoms with Gasteiger partial charge >= 0.3 is 0 Å². The molecule has 2 N–H and O–H groups in total. The van der Waals surface area contributed by atoms with E-state index in [1.807, 2.05) is 38.1 Å². The maximum Gasteiger partial charge on any atom is 0.271 e. The van der Waals surface area contributed by atoms with Crippen LogP contribution in [0.25, 0.3) is 11.3 Å². The number of amides is 1. The van der Waals surface area contributed by atoms with Crippen molar-refractivity contribution in [3.8, 4) is 11.3 Å². The first-order chi connectivity index (χ1) is 12.1. The number of aromatic nitrogens is 2. The molecule has 0 atom stereocenters. The molecule has 0 fully saturated rings. The predicted molar refractivity (Wildman–Crippen MR) is 103 cm³/mol. The Morgan fingerprint density at radius 3 is 2.72 bits per heavy atom. The van der Waals surface area contributed by atoms with Crippen molar-refractivity contribution >= 4 is 17.9 Å². The number of hydrogen-bond donors (Lipinski definition) is 2. The van der Waals surface area contributed by atoms with Gasteiger partial charge in [-0.1, -0.05) is 38.1 Å². The number of benzene rings is 1. The fourth-order valence-electron chi connectivity index (χ4n) is 2.57. The molecule has 1 amide bonds. The van der Waals surface area contributed by atoms with E-state index in [0.717, 1.165) is 36.2 Å². The molecular formula is C19H27N5O. The van der Waals surface area contributed by atoms with Crippen molar-refractivity contribution in [2.45, 2.75) is 33.6 Å². The summed E-state index contributed by atoms with van der Waals surface area (Å²) < 4.78 is 1.63. The Bertz CT molecular complexity index is 748. The summed E-state index contributed by atoms with van der Waals surface area (Å²) in [6.45, 7) is 7.51. The molecule has 2 rings (SSSR count). The van der Waals surface area contributed by atoms with Gasteiger partial charge in [0.05, 0.1) is 12.0 Å². The molecule has 1 aromatic heterocycles. The molecule has 134 valence electrons. The molecule has 0 aliphatic heterocycles. The summed E-state index contributed by atoms with van der Waals surface area (Å²) in [4.78, 5) is 16.9. The first-order valence-corrected chi connectivity index (χ1v) is 8.76. The third-order valence-corrected chi connectivity index (χ3v) is 3.85. The second-order valence-corrected chi connectivity index (χ2v) is 5.95. The highest BCUT2D eigenvalue weighted by molar-refractivity contribution is 6.04. The van der Waals surface area contributed by atoms with Gasteiger partial charge in [-0.25, -0.2) is 0 Å². The molecule has 0 radical (unpaired) electrons. The number of carbonyl (C=O) groups excluding carboxylic acids is 1. The van der Waals surface area contributed by atoms with Gasteiger partial charge in [-0.2, -0.15) is 5.10 Å². The molecule has 25 heavy (non-hydrogen) atoms. The highest BCUT2D eigenvalue weighted by Crippen LogP contribution is 2.31. The maximum atomic E-state index is 12.6. The van der Waals surface area contributed by atoms with Crippen molar-refractivity contribution < 1.29 is 4.79 Å². The van der Waals surface area contributed by atoms with Gasteiger partial charge in [0.25, 0.3) is 5.91 Å². The van der Waals surface area contributed by atoms with E-state index in [1.165, 1.54) is 0 Å². The maximum absolute atomic E-state index is 12.6. The number of nitrogens with zero attached hydrogens (tertiary/aromatic N) is 3. The smallest absolute Gasteiger partial charge is 0.271 e. The molecule has 0 unspecified atom stereocenters. The number of nitrogens with one attached hydrogen (secondary N) is 2. The second kappa shape index (κ2) is 9.01. The van der Waals surface area contributed by atoms with Crippen molar-refractivity contribution in [3.05, 3.63) is 35.5 Å². The van der Waals surface area contributed by atoms with Crippen molar-refractivity contribution in [2.24, 2.45) is 12.0 Å². The lowest BCUT2D eigenvalue weighted by atomic mass is 10.0. The Morgan fingerprint density at radius 1 is 1.28 bits per heavy atom. The van der Waals surface area contributed by atoms with Gasteiger partial charge in [0.1, 0.15) is 11.4 Å². The minimum atomic E-state index is -0.136. The van der Waals surface area contributed by atoms with E-state index in [0.29, 0.717) is 17.9 Å². The molecule has 0 bridgehead atoms. The van der Waals surface area contributed by atoms with Crippen molar-refractivity contribution in [1.29, 1.82) is 0 Å². The second-order valence-electron chi connectivity index (χ2n) is 5.95. The van der Waals surface area contributed by atoms with Crippen LogP contribution in [0.1, 0.15) is 42.7 Å². The summed E-state index contributed by atoms with van der Waals surface area (Å²) in [6.07, 6.45) is 3.51. The van der Waals surface area contributed by atoms with E-state index in [1.54, 1.807) is 18.1 Å². The number of aliphatic imine (C=N–C) groups is 1. The van der Waals surface area contributed by atoms with Crippen molar-refractivity contribution in [2.75, 3.05) is 18.4 Å². The van der Waals surface area contributed by atoms with Crippen LogP contribution in [0, 0.1) is 6.92 Å². The quantitative estimate of drug-likeness (QED) is 0.571. The number of aryl methyl sites for hydroxylation is 2. The molecule has 0 spiro atoms. The number of rotatable bonds is 8. The Morgan fingerprint density at radius 2 is 2.04 bits per heavy atom. The minimum Gasteiger partial charge on any atom is -0.351 e. The molecule has 0 aliphatic rings. The zero-order chi connectivity index (χ0) is 18.2. The lowest BCUT2D eigenvalue weighted by molar-refractivity contribution is 0.0945. The van der Waals surface area contributed by atoms with Crippen LogP contribution in [0.15, 0.2) is 29.3 Å². The van der Waals surface area contributed by atoms with Crippen LogP contribution < -0.4 is 10.6 Å². The first-order valence-electron chi connectivity index (χ1n) is 8.76. The summed E-state index contributed by atoms with van der Waals surface area (Å²) in [5, 5.41) is 10.7. The van der Waals surface area contributed by atoms with Gasteiger partial charge < -0.3 is 10.6 Å². The van der Waals surface area contributed by atoms with Crippen LogP contribution in [-0.4, -0.2) is 35.1 Å². The van der Waals surface area contributed by atoms with Crippen molar-refractivity contribution in [1.82, 2.24) is 15.1 Å². The lowest BCUT2D eigenvalue weighted by Gasteiger charge is -2.08. The Balaban J connectivity index is 2.48. The SMILES string of the molecule is CCCN=CNc1c(-c2ccccc2C)nn(C)c1C(=O)NCCC. The van der Waals surface area contributed by atoms with Crippen LogP contribution in [0.5, 0.6) is 0 Å². The number of carbonyl (C=O) groups is 1. The molecule has 0 saturated heterocycles. The standard InChI is InChI=1S/C19H27N5O/c1-5-11-20-13-22-17-16(15-10-8-7-9-14(15)3)23-24(4)18(17)19(25)21-12-6-2/h7-10,13H,5-6,11-12H2,1-4H3,(H,20,22)(H,21,25). The lowest BCUT2D eigenvalue weighted by Crippen LogP contribution is -2.27. The average molecular weight is 341 g/mol. The predicted octanol–water partition coefficient (Wildman–Crippen LogP) is 3.39. The summed E-state index contributed by atoms with van der Waals surface area (Å²) in [6, 6.07) is 8.02. The molecular weight excluding hydrogens is 314 g/mol. The van der Waals surface area contributed by atoms with Crippen LogP contribution in [-0.2, 0) is 7.05 Å². The summed E-state index contributed by atoms with van der Waals surface area (Å²) in [7, 11) is 1.79. The summed E-state index contributed by atoms with van der Waals surface area (Å²) in [5.74, 6) is -0.136. The molecule has 0 aliphatic carbocycles. The zero-order valence-corrected chi connectivity index (χ0v) is 15.5. The van der Waals surface area contributed by atoms with E-state index in [-0.39, 0.29) is 5.91 Å². The van der Waals surface area contributed by atoms with Crippen LogP contribution in [0.3, 0.4) is 0 Å². The van der Waals surface area contributed by atoms with E-state index in [9.17, 15) is 4.79 Å². The van der Waals surface area contributed by atoms with Gasteiger partial charge in [-0.3, -0.25) is 14.5 Å². The molecule has 6 nitrogen and oxygen atoms in total. The minimum absolute atomic E-state index is 0.136. The van der Waals surface area contributed by atoms with Crippen LogP contribution in [0.4, 0.5) is 5.69 Å². The highest BCUT2D eigenvalue weighted by atomic mass is 16.2. The largest absolute Gasteiger partial charge is 0.351 e. The van der Waals surface area contributed by atoms with Gasteiger partial charge in [0, 0.05) is 25.7 Å². The van der Waals surface area contributed by atoms with Gasteiger partial charge in [-0.15, -0.1) is 0 Å². The average Bonchev–Trinajstić information content (AvgIpc) is 2.93. The number of hydrogen-bond acceptors (Lipinski definition) is 3. The van der Waals surface area contributed by atoms with Crippen LogP contribution in [0.2, 0.25) is 0 Å². The molecule has 1 heterocycles. The Kier molecular flexibility index (Phi) is 6.74. The van der Waals surface area contributed by atoms with E-state index < -0.39 is 0 Å². The van der Waals surface area contributed by atoms with E-state index >= 15 is 0 Å². The van der Waals surface area contributed by atoms with Crippen LogP contribution >= 0.6 is 0 Å². The summed E-state index contributed by atoms with van der Waals surface area (Å²) in [5.41, 5.74) is 4.05. The normalized spacial score (nSPS) is 11.0. The van der Waals surface area contributed by atoms with Gasteiger partial charge in [-0.05, 0) is 25.3 Å². The van der Waals surface area contributed by atoms with E-state index in [4.69, 9.17) is 0 Å². The molecule has 2 aromatic rings. The van der Waals surface area contributed by atoms with E-state index in [2.05, 4.69) is 27.6 Å². The zero-order valence-electron chi connectivity index (χ0n) is 15.5. The first kappa shape index (κ1) is 18.7. The Hall–Kier alpha value is -2.63. The van der Waals surface area contributed by atoms with Crippen molar-refractivity contribution in [3.63, 3.8) is 0 Å². The molecule has 6 heteroatoms. The van der Waals surface area contributed by atoms with Gasteiger partial charge in [0.15, 0.2) is 0 Å². The summed E-state index contributed by atoms with van der Waals surface area (Å²) >= 11 is 0. The molecule has 1 aromatic carbocycles. The van der Waals surface area contributed by atoms with Gasteiger partial charge in [0.2, 0.25) is 0 Å². The monoisotopic (exact) mass is 341 g/mol. The topological polar surface area (TPSA) is 71.3 Å². The molecule has 0 saturated carbocycles. The third kappa shape index (κ3) is 4.47. The fourth-order valence-corrected chi connectivity index (χ4v) is 2.57.